The number of nitro benzene ring substituents is 1. The second-order valence-corrected chi connectivity index (χ2v) is 7.90. The van der Waals surface area contributed by atoms with Crippen LogP contribution < -0.4 is 4.83 Å². The summed E-state index contributed by atoms with van der Waals surface area (Å²) in [5.74, 6) is 0.386. The molecule has 7 nitrogen and oxygen atoms in total. The highest BCUT2D eigenvalue weighted by atomic mass is 32.2. The van der Waals surface area contributed by atoms with Crippen molar-refractivity contribution in [2.24, 2.45) is 5.92 Å². The van der Waals surface area contributed by atoms with Crippen LogP contribution in [0.25, 0.3) is 0 Å². The lowest BCUT2D eigenvalue weighted by molar-refractivity contribution is -0.385. The van der Waals surface area contributed by atoms with Crippen molar-refractivity contribution in [3.8, 4) is 0 Å². The first-order valence-corrected chi connectivity index (χ1v) is 9.32. The number of non-ortho nitro benzene ring substituents is 1. The lowest BCUT2D eigenvalue weighted by Crippen LogP contribution is -2.40. The van der Waals surface area contributed by atoms with E-state index >= 15 is 0 Å². The van der Waals surface area contributed by atoms with Gasteiger partial charge in [0.2, 0.25) is 0 Å². The zero-order chi connectivity index (χ0) is 17.0. The molecule has 1 fully saturated rings. The number of hydrogen-bond acceptors (Lipinski definition) is 5. The van der Waals surface area contributed by atoms with Gasteiger partial charge in [-0.3, -0.25) is 10.1 Å². The topological polar surface area (TPSA) is 92.5 Å². The highest BCUT2D eigenvalue weighted by Gasteiger charge is 2.25. The van der Waals surface area contributed by atoms with Crippen LogP contribution in [0.15, 0.2) is 23.1 Å². The van der Waals surface area contributed by atoms with Crippen molar-refractivity contribution in [2.75, 3.05) is 13.1 Å². The summed E-state index contributed by atoms with van der Waals surface area (Å²) in [4.78, 5) is 13.2. The molecule has 23 heavy (non-hydrogen) atoms. The monoisotopic (exact) mass is 341 g/mol. The number of benzene rings is 1. The third-order valence-electron chi connectivity index (χ3n) is 3.89. The van der Waals surface area contributed by atoms with Crippen LogP contribution in [0.1, 0.15) is 38.7 Å². The average molecular weight is 341 g/mol. The van der Waals surface area contributed by atoms with Crippen LogP contribution in [-0.4, -0.2) is 31.4 Å². The molecule has 0 aliphatic carbocycles. The lowest BCUT2D eigenvalue weighted by atomic mass is 10.0. The number of sulfonamides is 1. The minimum atomic E-state index is -3.71. The Morgan fingerprint density at radius 1 is 1.30 bits per heavy atom. The van der Waals surface area contributed by atoms with Crippen LogP contribution in [0.4, 0.5) is 5.69 Å². The summed E-state index contributed by atoms with van der Waals surface area (Å²) in [6.07, 6.45) is 3.19. The average Bonchev–Trinajstić information content (AvgIpc) is 2.96. The van der Waals surface area contributed by atoms with Crippen molar-refractivity contribution < 1.29 is 13.3 Å². The van der Waals surface area contributed by atoms with E-state index in [4.69, 9.17) is 0 Å². The highest BCUT2D eigenvalue weighted by molar-refractivity contribution is 7.89. The molecule has 1 aliphatic rings. The van der Waals surface area contributed by atoms with Crippen LogP contribution in [0, 0.1) is 16.0 Å². The van der Waals surface area contributed by atoms with Gasteiger partial charge in [-0.25, -0.2) is 13.4 Å². The van der Waals surface area contributed by atoms with Crippen LogP contribution >= 0.6 is 0 Å². The van der Waals surface area contributed by atoms with Crippen molar-refractivity contribution in [1.82, 2.24) is 9.84 Å². The number of nitro groups is 1. The number of aryl methyl sites for hydroxylation is 1. The van der Waals surface area contributed by atoms with Crippen LogP contribution in [-0.2, 0) is 16.4 Å². The third-order valence-corrected chi connectivity index (χ3v) is 5.37. The van der Waals surface area contributed by atoms with Gasteiger partial charge in [0.25, 0.3) is 15.7 Å². The Labute approximate surface area is 136 Å². The molecule has 0 radical (unpaired) electrons. The molecule has 2 rings (SSSR count). The summed E-state index contributed by atoms with van der Waals surface area (Å²) in [5, 5.41) is 12.6. The Morgan fingerprint density at radius 3 is 2.52 bits per heavy atom. The minimum Gasteiger partial charge on any atom is -0.258 e. The number of nitrogens with one attached hydrogen (secondary N) is 1. The standard InChI is InChI=1S/C15H23N3O4S/c1-12(2)5-6-13-11-14(18(19)20)7-8-15(13)23(21,22)16-17-9-3-4-10-17/h7-8,11-12,16H,3-6,9-10H2,1-2H3. The van der Waals surface area contributed by atoms with Crippen molar-refractivity contribution in [3.63, 3.8) is 0 Å². The van der Waals surface area contributed by atoms with E-state index in [1.54, 1.807) is 5.01 Å². The van der Waals surface area contributed by atoms with Gasteiger partial charge in [-0.15, -0.1) is 4.83 Å². The second kappa shape index (κ2) is 7.37. The van der Waals surface area contributed by atoms with E-state index in [1.165, 1.54) is 18.2 Å². The smallest absolute Gasteiger partial charge is 0.258 e. The van der Waals surface area contributed by atoms with Gasteiger partial charge in [-0.1, -0.05) is 13.8 Å². The van der Waals surface area contributed by atoms with Crippen LogP contribution in [0.2, 0.25) is 0 Å². The van der Waals surface area contributed by atoms with Crippen LogP contribution in [0.5, 0.6) is 0 Å². The van der Waals surface area contributed by atoms with Gasteiger partial charge >= 0.3 is 0 Å². The maximum atomic E-state index is 12.6. The number of hydrazine groups is 1. The summed E-state index contributed by atoms with van der Waals surface area (Å²) >= 11 is 0. The van der Waals surface area contributed by atoms with Gasteiger partial charge in [-0.05, 0) is 43.2 Å². The largest absolute Gasteiger partial charge is 0.269 e. The number of hydrogen-bond donors (Lipinski definition) is 1. The second-order valence-electron chi connectivity index (χ2n) is 6.27. The first kappa shape index (κ1) is 17.8. The quantitative estimate of drug-likeness (QED) is 0.607. The molecular weight excluding hydrogens is 318 g/mol. The third kappa shape index (κ3) is 4.73. The van der Waals surface area contributed by atoms with E-state index in [-0.39, 0.29) is 10.6 Å². The summed E-state index contributed by atoms with van der Waals surface area (Å²) < 4.78 is 25.2. The fourth-order valence-electron chi connectivity index (χ4n) is 2.61. The number of rotatable bonds is 7. The van der Waals surface area contributed by atoms with Crippen molar-refractivity contribution in [2.45, 2.75) is 44.4 Å². The van der Waals surface area contributed by atoms with E-state index < -0.39 is 14.9 Å². The Kier molecular flexibility index (Phi) is 5.72. The first-order valence-electron chi connectivity index (χ1n) is 7.84. The van der Waals surface area contributed by atoms with Gasteiger partial charge in [0.1, 0.15) is 0 Å². The van der Waals surface area contributed by atoms with Crippen molar-refractivity contribution in [1.29, 1.82) is 0 Å². The van der Waals surface area contributed by atoms with Crippen molar-refractivity contribution in [3.05, 3.63) is 33.9 Å². The van der Waals surface area contributed by atoms with Crippen LogP contribution in [0.3, 0.4) is 0 Å². The molecule has 0 unspecified atom stereocenters. The zero-order valence-electron chi connectivity index (χ0n) is 13.5. The van der Waals surface area contributed by atoms with Gasteiger partial charge in [0.05, 0.1) is 9.82 Å². The van der Waals surface area contributed by atoms with E-state index in [0.29, 0.717) is 31.0 Å². The molecule has 1 saturated heterocycles. The normalized spacial score (nSPS) is 16.1. The fourth-order valence-corrected chi connectivity index (χ4v) is 3.98. The summed E-state index contributed by atoms with van der Waals surface area (Å²) in [6.45, 7) is 5.45. The predicted molar refractivity (Wildman–Crippen MR) is 87.4 cm³/mol. The maximum absolute atomic E-state index is 12.6. The molecular formula is C15H23N3O4S. The Balaban J connectivity index is 2.32. The lowest BCUT2D eigenvalue weighted by Gasteiger charge is -2.18. The molecule has 0 amide bonds. The molecule has 1 heterocycles. The fraction of sp³-hybridized carbons (Fsp3) is 0.600. The Hall–Kier alpha value is -1.51. The molecule has 1 N–H and O–H groups in total. The molecule has 0 saturated carbocycles. The number of nitrogens with zero attached hydrogens (tertiary/aromatic N) is 2. The molecule has 1 aromatic rings. The molecule has 0 aromatic heterocycles. The Morgan fingerprint density at radius 2 is 1.96 bits per heavy atom. The summed E-state index contributed by atoms with van der Waals surface area (Å²) in [5.41, 5.74) is 0.420. The van der Waals surface area contributed by atoms with E-state index in [0.717, 1.165) is 19.3 Å². The predicted octanol–water partition coefficient (Wildman–Crippen LogP) is 2.47. The molecule has 128 valence electrons. The first-order chi connectivity index (χ1) is 10.8. The SMILES string of the molecule is CC(C)CCc1cc([N+](=O)[O-])ccc1S(=O)(=O)NN1CCCC1. The molecule has 8 heteroatoms. The minimum absolute atomic E-state index is 0.0797. The van der Waals surface area contributed by atoms with Gasteiger partial charge in [-0.2, -0.15) is 0 Å². The Bertz CT molecular complexity index is 667. The molecule has 0 spiro atoms. The van der Waals surface area contributed by atoms with E-state index in [2.05, 4.69) is 4.83 Å². The van der Waals surface area contributed by atoms with E-state index in [9.17, 15) is 18.5 Å². The molecule has 0 atom stereocenters. The highest BCUT2D eigenvalue weighted by Crippen LogP contribution is 2.24. The van der Waals surface area contributed by atoms with Gasteiger partial charge in [0.15, 0.2) is 0 Å². The van der Waals surface area contributed by atoms with Gasteiger partial charge < -0.3 is 0 Å². The zero-order valence-corrected chi connectivity index (χ0v) is 14.3. The van der Waals surface area contributed by atoms with Crippen molar-refractivity contribution >= 4 is 15.7 Å². The molecule has 1 aromatic carbocycles. The summed E-state index contributed by atoms with van der Waals surface area (Å²) in [7, 11) is -3.71. The van der Waals surface area contributed by atoms with Gasteiger partial charge in [0, 0.05) is 25.2 Å². The molecule has 0 bridgehead atoms. The van der Waals surface area contributed by atoms with E-state index in [1.807, 2.05) is 13.8 Å². The maximum Gasteiger partial charge on any atom is 0.269 e. The summed E-state index contributed by atoms with van der Waals surface area (Å²) in [6, 6.07) is 3.96. The molecule has 1 aliphatic heterocycles.